The largest absolute Gasteiger partial charge is 0.271 e. The van der Waals surface area contributed by atoms with E-state index >= 15 is 0 Å². The first-order valence-electron chi connectivity index (χ1n) is 7.37. The maximum atomic E-state index is 5.63. The zero-order chi connectivity index (χ0) is 13.1. The van der Waals surface area contributed by atoms with Crippen molar-refractivity contribution in [1.82, 2.24) is 5.43 Å². The molecule has 3 N–H and O–H groups in total. The van der Waals surface area contributed by atoms with E-state index in [4.69, 9.17) is 5.84 Å². The second kappa shape index (κ2) is 10.1. The molecule has 0 amide bonds. The van der Waals surface area contributed by atoms with Gasteiger partial charge in [-0.2, -0.15) is 0 Å². The summed E-state index contributed by atoms with van der Waals surface area (Å²) in [5, 5.41) is 0. The van der Waals surface area contributed by atoms with Crippen LogP contribution in [0.4, 0.5) is 0 Å². The molecule has 0 aliphatic heterocycles. The Labute approximate surface area is 112 Å². The summed E-state index contributed by atoms with van der Waals surface area (Å²) in [4.78, 5) is 0. The summed E-state index contributed by atoms with van der Waals surface area (Å²) < 4.78 is 0. The van der Waals surface area contributed by atoms with Crippen molar-refractivity contribution >= 4 is 0 Å². The lowest BCUT2D eigenvalue weighted by molar-refractivity contribution is 0.439. The second-order valence-corrected chi connectivity index (χ2v) is 5.09. The van der Waals surface area contributed by atoms with E-state index in [-0.39, 0.29) is 0 Å². The van der Waals surface area contributed by atoms with Crippen LogP contribution in [0.1, 0.15) is 57.4 Å². The van der Waals surface area contributed by atoms with Crippen LogP contribution in [-0.2, 0) is 6.42 Å². The molecule has 0 aromatic heterocycles. The maximum Gasteiger partial charge on any atom is 0.0213 e. The summed E-state index contributed by atoms with van der Waals surface area (Å²) in [6, 6.07) is 11.1. The zero-order valence-electron chi connectivity index (χ0n) is 11.7. The van der Waals surface area contributed by atoms with Crippen LogP contribution in [0.5, 0.6) is 0 Å². The van der Waals surface area contributed by atoms with Crippen LogP contribution < -0.4 is 11.3 Å². The highest BCUT2D eigenvalue weighted by molar-refractivity contribution is 5.14. The Kier molecular flexibility index (Phi) is 8.53. The lowest BCUT2D eigenvalue weighted by atomic mass is 10.0. The Morgan fingerprint density at radius 2 is 1.72 bits per heavy atom. The van der Waals surface area contributed by atoms with E-state index in [0.717, 1.165) is 12.8 Å². The first-order valence-corrected chi connectivity index (χ1v) is 7.37. The third kappa shape index (κ3) is 6.77. The third-order valence-electron chi connectivity index (χ3n) is 3.52. The second-order valence-electron chi connectivity index (χ2n) is 5.09. The molecule has 18 heavy (non-hydrogen) atoms. The van der Waals surface area contributed by atoms with Crippen LogP contribution >= 0.6 is 0 Å². The average molecular weight is 248 g/mol. The number of hydrogen-bond donors (Lipinski definition) is 2. The van der Waals surface area contributed by atoms with Gasteiger partial charge >= 0.3 is 0 Å². The van der Waals surface area contributed by atoms with Crippen LogP contribution in [0, 0.1) is 0 Å². The van der Waals surface area contributed by atoms with Gasteiger partial charge in [0.05, 0.1) is 0 Å². The van der Waals surface area contributed by atoms with Crippen LogP contribution in [0.15, 0.2) is 30.3 Å². The molecule has 0 aliphatic carbocycles. The number of rotatable bonds is 10. The smallest absolute Gasteiger partial charge is 0.0213 e. The Morgan fingerprint density at radius 1 is 1.00 bits per heavy atom. The van der Waals surface area contributed by atoms with Gasteiger partial charge in [-0.05, 0) is 24.8 Å². The van der Waals surface area contributed by atoms with Crippen molar-refractivity contribution in [1.29, 1.82) is 0 Å². The number of unbranched alkanes of at least 4 members (excludes halogenated alkanes) is 4. The molecule has 0 radical (unpaired) electrons. The summed E-state index contributed by atoms with van der Waals surface area (Å²) >= 11 is 0. The Balaban J connectivity index is 2.13. The molecule has 0 saturated carbocycles. The first kappa shape index (κ1) is 15.2. The molecule has 0 spiro atoms. The van der Waals surface area contributed by atoms with Gasteiger partial charge in [0, 0.05) is 6.04 Å². The van der Waals surface area contributed by atoms with Gasteiger partial charge < -0.3 is 0 Å². The Bertz CT molecular complexity index is 284. The van der Waals surface area contributed by atoms with Crippen LogP contribution in [0.2, 0.25) is 0 Å². The fourth-order valence-corrected chi connectivity index (χ4v) is 2.29. The number of benzene rings is 1. The van der Waals surface area contributed by atoms with Crippen molar-refractivity contribution in [3.8, 4) is 0 Å². The van der Waals surface area contributed by atoms with E-state index in [2.05, 4.69) is 42.7 Å². The number of nitrogens with two attached hydrogens (primary N) is 1. The first-order chi connectivity index (χ1) is 8.86. The Hall–Kier alpha value is -0.860. The summed E-state index contributed by atoms with van der Waals surface area (Å²) in [5.74, 6) is 5.63. The normalized spacial score (nSPS) is 12.6. The van der Waals surface area contributed by atoms with E-state index in [9.17, 15) is 0 Å². The van der Waals surface area contributed by atoms with Gasteiger partial charge in [0.2, 0.25) is 0 Å². The number of nitrogens with one attached hydrogen (secondary N) is 1. The van der Waals surface area contributed by atoms with Gasteiger partial charge in [-0.25, -0.2) is 0 Å². The molecule has 1 aromatic rings. The number of hydrogen-bond acceptors (Lipinski definition) is 2. The molecule has 1 aromatic carbocycles. The molecule has 2 nitrogen and oxygen atoms in total. The fraction of sp³-hybridized carbons (Fsp3) is 0.625. The van der Waals surface area contributed by atoms with Crippen molar-refractivity contribution in [3.05, 3.63) is 35.9 Å². The molecule has 0 aliphatic rings. The molecular weight excluding hydrogens is 220 g/mol. The molecule has 1 atom stereocenters. The summed E-state index contributed by atoms with van der Waals surface area (Å²) in [6.45, 7) is 2.25. The predicted molar refractivity (Wildman–Crippen MR) is 79.3 cm³/mol. The standard InChI is InChI=1S/C16H28N2/c1-2-3-4-5-9-12-16(18-17)14-13-15-10-7-6-8-11-15/h6-8,10-11,16,18H,2-5,9,12-14,17H2,1H3. The van der Waals surface area contributed by atoms with Crippen molar-refractivity contribution in [2.75, 3.05) is 0 Å². The minimum atomic E-state index is 0.465. The minimum Gasteiger partial charge on any atom is -0.271 e. The fourth-order valence-electron chi connectivity index (χ4n) is 2.29. The Morgan fingerprint density at radius 3 is 2.39 bits per heavy atom. The number of hydrazine groups is 1. The van der Waals surface area contributed by atoms with Crippen molar-refractivity contribution < 1.29 is 0 Å². The quantitative estimate of drug-likeness (QED) is 0.375. The lowest BCUT2D eigenvalue weighted by Gasteiger charge is -2.15. The molecule has 0 saturated heterocycles. The van der Waals surface area contributed by atoms with Gasteiger partial charge in [-0.1, -0.05) is 69.4 Å². The zero-order valence-corrected chi connectivity index (χ0v) is 11.7. The van der Waals surface area contributed by atoms with Gasteiger partial charge in [0.15, 0.2) is 0 Å². The van der Waals surface area contributed by atoms with Crippen LogP contribution in [0.25, 0.3) is 0 Å². The van der Waals surface area contributed by atoms with E-state index in [1.54, 1.807) is 0 Å². The van der Waals surface area contributed by atoms with E-state index in [0.29, 0.717) is 6.04 Å². The molecule has 2 heteroatoms. The topological polar surface area (TPSA) is 38.0 Å². The highest BCUT2D eigenvalue weighted by atomic mass is 15.2. The predicted octanol–water partition coefficient (Wildman–Crippen LogP) is 3.81. The summed E-state index contributed by atoms with van der Waals surface area (Å²) in [5.41, 5.74) is 4.37. The summed E-state index contributed by atoms with van der Waals surface area (Å²) in [7, 11) is 0. The van der Waals surface area contributed by atoms with Gasteiger partial charge in [-0.3, -0.25) is 11.3 Å². The van der Waals surface area contributed by atoms with Gasteiger partial charge in [0.25, 0.3) is 0 Å². The van der Waals surface area contributed by atoms with Crippen molar-refractivity contribution in [2.24, 2.45) is 5.84 Å². The van der Waals surface area contributed by atoms with E-state index in [1.165, 1.54) is 44.1 Å². The number of aryl methyl sites for hydroxylation is 1. The molecule has 0 bridgehead atoms. The van der Waals surface area contributed by atoms with Crippen molar-refractivity contribution in [2.45, 2.75) is 64.3 Å². The summed E-state index contributed by atoms with van der Waals surface area (Å²) in [6.07, 6.45) is 10.1. The maximum absolute atomic E-state index is 5.63. The lowest BCUT2D eigenvalue weighted by Crippen LogP contribution is -2.35. The molecule has 0 heterocycles. The van der Waals surface area contributed by atoms with Gasteiger partial charge in [0.1, 0.15) is 0 Å². The molecule has 0 fully saturated rings. The minimum absolute atomic E-state index is 0.465. The van der Waals surface area contributed by atoms with Crippen LogP contribution in [0.3, 0.4) is 0 Å². The third-order valence-corrected chi connectivity index (χ3v) is 3.52. The molecular formula is C16H28N2. The van der Waals surface area contributed by atoms with E-state index < -0.39 is 0 Å². The van der Waals surface area contributed by atoms with Crippen molar-refractivity contribution in [3.63, 3.8) is 0 Å². The molecule has 102 valence electrons. The molecule has 1 rings (SSSR count). The average Bonchev–Trinajstić information content (AvgIpc) is 2.43. The highest BCUT2D eigenvalue weighted by Gasteiger charge is 2.06. The van der Waals surface area contributed by atoms with E-state index in [1.807, 2.05) is 0 Å². The molecule has 1 unspecified atom stereocenters. The van der Waals surface area contributed by atoms with Gasteiger partial charge in [-0.15, -0.1) is 0 Å². The highest BCUT2D eigenvalue weighted by Crippen LogP contribution is 2.11. The van der Waals surface area contributed by atoms with Crippen LogP contribution in [-0.4, -0.2) is 6.04 Å². The SMILES string of the molecule is CCCCCCCC(CCc1ccccc1)NN. The monoisotopic (exact) mass is 248 g/mol.